The lowest BCUT2D eigenvalue weighted by atomic mass is 9.94. The zero-order valence-electron chi connectivity index (χ0n) is 14.2. The van der Waals surface area contributed by atoms with Gasteiger partial charge in [0.05, 0.1) is 23.5 Å². The number of carbonyl (C=O) groups excluding carboxylic acids is 1. The molecule has 25 heavy (non-hydrogen) atoms. The first-order chi connectivity index (χ1) is 11.8. The van der Waals surface area contributed by atoms with E-state index in [1.54, 1.807) is 19.1 Å². The molecule has 1 atom stereocenters. The van der Waals surface area contributed by atoms with Crippen molar-refractivity contribution < 1.29 is 19.1 Å². The highest BCUT2D eigenvalue weighted by Crippen LogP contribution is 2.17. The minimum Gasteiger partial charge on any atom is -0.481 e. The van der Waals surface area contributed by atoms with E-state index in [4.69, 9.17) is 5.11 Å². The van der Waals surface area contributed by atoms with Crippen molar-refractivity contribution in [2.45, 2.75) is 45.1 Å². The number of hydrogen-bond donors (Lipinski definition) is 2. The fourth-order valence-electron chi connectivity index (χ4n) is 2.42. The molecule has 0 aliphatic heterocycles. The molecular weight excluding hydrogens is 343 g/mol. The van der Waals surface area contributed by atoms with Crippen molar-refractivity contribution in [2.75, 3.05) is 0 Å². The van der Waals surface area contributed by atoms with Gasteiger partial charge in [0.15, 0.2) is 0 Å². The molecule has 0 bridgehead atoms. The van der Waals surface area contributed by atoms with Gasteiger partial charge < -0.3 is 10.4 Å². The quantitative estimate of drug-likeness (QED) is 0.754. The van der Waals surface area contributed by atoms with Crippen molar-refractivity contribution >= 4 is 23.2 Å². The van der Waals surface area contributed by atoms with E-state index in [1.807, 2.05) is 12.3 Å². The van der Waals surface area contributed by atoms with Gasteiger partial charge in [0, 0.05) is 17.3 Å². The fraction of sp³-hybridized carbons (Fsp3) is 0.389. The number of thiazole rings is 1. The highest BCUT2D eigenvalue weighted by atomic mass is 32.1. The molecular formula is C18H21FN2O3S. The van der Waals surface area contributed by atoms with E-state index in [9.17, 15) is 14.0 Å². The Morgan fingerprint density at radius 3 is 2.60 bits per heavy atom. The number of nitrogens with zero attached hydrogens (tertiary/aromatic N) is 1. The molecule has 0 aliphatic carbocycles. The van der Waals surface area contributed by atoms with Gasteiger partial charge in [-0.1, -0.05) is 19.1 Å². The van der Waals surface area contributed by atoms with Crippen molar-refractivity contribution in [1.29, 1.82) is 0 Å². The molecule has 1 aromatic carbocycles. The number of halogens is 1. The van der Waals surface area contributed by atoms with Gasteiger partial charge in [-0.05, 0) is 31.0 Å². The summed E-state index contributed by atoms with van der Waals surface area (Å²) in [5.41, 5.74) is 0.829. The topological polar surface area (TPSA) is 79.3 Å². The molecule has 7 heteroatoms. The van der Waals surface area contributed by atoms with Gasteiger partial charge in [0.2, 0.25) is 5.91 Å². The SMILES string of the molecule is CC[C@@](C)(CC(=O)O)NC(=O)Cc1csc(Cc2ccc(F)cc2)n1. The number of carboxylic acid groups (broad SMARTS) is 1. The summed E-state index contributed by atoms with van der Waals surface area (Å²) < 4.78 is 12.9. The number of nitrogens with one attached hydrogen (secondary N) is 1. The molecule has 0 fully saturated rings. The van der Waals surface area contributed by atoms with Crippen molar-refractivity contribution in [1.82, 2.24) is 10.3 Å². The van der Waals surface area contributed by atoms with E-state index >= 15 is 0 Å². The van der Waals surface area contributed by atoms with E-state index < -0.39 is 11.5 Å². The largest absolute Gasteiger partial charge is 0.481 e. The van der Waals surface area contributed by atoms with Crippen LogP contribution >= 0.6 is 11.3 Å². The van der Waals surface area contributed by atoms with Crippen LogP contribution in [0.25, 0.3) is 0 Å². The molecule has 134 valence electrons. The maximum atomic E-state index is 12.9. The van der Waals surface area contributed by atoms with Crippen LogP contribution in [0.2, 0.25) is 0 Å². The number of aromatic nitrogens is 1. The number of hydrogen-bond acceptors (Lipinski definition) is 4. The Labute approximate surface area is 149 Å². The van der Waals surface area contributed by atoms with Gasteiger partial charge in [-0.15, -0.1) is 11.3 Å². The third-order valence-electron chi connectivity index (χ3n) is 3.97. The summed E-state index contributed by atoms with van der Waals surface area (Å²) in [6.45, 7) is 3.56. The molecule has 2 rings (SSSR count). The number of rotatable bonds is 8. The van der Waals surface area contributed by atoms with Gasteiger partial charge in [0.25, 0.3) is 0 Å². The first-order valence-electron chi connectivity index (χ1n) is 8.00. The summed E-state index contributed by atoms with van der Waals surface area (Å²) in [7, 11) is 0. The van der Waals surface area contributed by atoms with E-state index in [-0.39, 0.29) is 24.6 Å². The Hall–Kier alpha value is -2.28. The van der Waals surface area contributed by atoms with Gasteiger partial charge in [0.1, 0.15) is 5.82 Å². The van der Waals surface area contributed by atoms with Crippen LogP contribution in [0.5, 0.6) is 0 Å². The number of benzene rings is 1. The van der Waals surface area contributed by atoms with Crippen molar-refractivity contribution in [3.8, 4) is 0 Å². The summed E-state index contributed by atoms with van der Waals surface area (Å²) >= 11 is 1.45. The van der Waals surface area contributed by atoms with Crippen molar-refractivity contribution in [3.63, 3.8) is 0 Å². The van der Waals surface area contributed by atoms with E-state index in [0.29, 0.717) is 18.5 Å². The van der Waals surface area contributed by atoms with Crippen LogP contribution in [0.3, 0.4) is 0 Å². The predicted octanol–water partition coefficient (Wildman–Crippen LogP) is 3.18. The molecule has 1 aromatic heterocycles. The van der Waals surface area contributed by atoms with Gasteiger partial charge in [-0.25, -0.2) is 9.37 Å². The standard InChI is InChI=1S/C18H21FN2O3S/c1-3-18(2,10-17(23)24)21-15(22)9-14-11-25-16(20-14)8-12-4-6-13(19)7-5-12/h4-7,11H,3,8-10H2,1-2H3,(H,21,22)(H,23,24)/t18-/m0/s1. The lowest BCUT2D eigenvalue weighted by Gasteiger charge is -2.27. The lowest BCUT2D eigenvalue weighted by Crippen LogP contribution is -2.47. The van der Waals surface area contributed by atoms with E-state index in [0.717, 1.165) is 10.6 Å². The molecule has 0 saturated heterocycles. The summed E-state index contributed by atoms with van der Waals surface area (Å²) in [5.74, 6) is -1.47. The summed E-state index contributed by atoms with van der Waals surface area (Å²) in [6.07, 6.45) is 1.09. The number of amides is 1. The molecule has 0 spiro atoms. The monoisotopic (exact) mass is 364 g/mol. The average Bonchev–Trinajstić information content (AvgIpc) is 2.95. The van der Waals surface area contributed by atoms with Crippen LogP contribution in [-0.4, -0.2) is 27.5 Å². The highest BCUT2D eigenvalue weighted by Gasteiger charge is 2.27. The van der Waals surface area contributed by atoms with E-state index in [2.05, 4.69) is 10.3 Å². The number of carbonyl (C=O) groups is 2. The normalized spacial score (nSPS) is 13.2. The fourth-order valence-corrected chi connectivity index (χ4v) is 3.25. The van der Waals surface area contributed by atoms with Crippen molar-refractivity contribution in [2.24, 2.45) is 0 Å². The zero-order chi connectivity index (χ0) is 18.4. The second-order valence-electron chi connectivity index (χ2n) is 6.25. The minimum atomic E-state index is -0.945. The van der Waals surface area contributed by atoms with Crippen LogP contribution in [0, 0.1) is 5.82 Å². The molecule has 0 saturated carbocycles. The molecule has 2 aromatic rings. The van der Waals surface area contributed by atoms with Gasteiger partial charge >= 0.3 is 5.97 Å². The second kappa shape index (κ2) is 8.20. The molecule has 1 heterocycles. The smallest absolute Gasteiger partial charge is 0.305 e. The Morgan fingerprint density at radius 2 is 2.00 bits per heavy atom. The third-order valence-corrected chi connectivity index (χ3v) is 4.87. The van der Waals surface area contributed by atoms with E-state index in [1.165, 1.54) is 23.5 Å². The van der Waals surface area contributed by atoms with Gasteiger partial charge in [-0.3, -0.25) is 9.59 Å². The van der Waals surface area contributed by atoms with Crippen LogP contribution in [0.1, 0.15) is 43.0 Å². The molecule has 0 unspecified atom stereocenters. The Kier molecular flexibility index (Phi) is 6.25. The van der Waals surface area contributed by atoms with Crippen LogP contribution < -0.4 is 5.32 Å². The van der Waals surface area contributed by atoms with Crippen molar-refractivity contribution in [3.05, 3.63) is 51.7 Å². The van der Waals surface area contributed by atoms with Crippen LogP contribution in [0.15, 0.2) is 29.6 Å². The number of carboxylic acids is 1. The molecule has 0 radical (unpaired) electrons. The summed E-state index contributed by atoms with van der Waals surface area (Å²) in [4.78, 5) is 27.6. The van der Waals surface area contributed by atoms with Crippen LogP contribution in [0.4, 0.5) is 4.39 Å². The third kappa shape index (κ3) is 5.94. The molecule has 1 amide bonds. The average molecular weight is 364 g/mol. The molecule has 0 aliphatic rings. The number of aliphatic carboxylic acids is 1. The second-order valence-corrected chi connectivity index (χ2v) is 7.19. The first-order valence-corrected chi connectivity index (χ1v) is 8.88. The highest BCUT2D eigenvalue weighted by molar-refractivity contribution is 7.09. The van der Waals surface area contributed by atoms with Gasteiger partial charge in [-0.2, -0.15) is 0 Å². The zero-order valence-corrected chi connectivity index (χ0v) is 15.0. The maximum Gasteiger partial charge on any atom is 0.305 e. The Balaban J connectivity index is 1.94. The molecule has 5 nitrogen and oxygen atoms in total. The maximum absolute atomic E-state index is 12.9. The summed E-state index contributed by atoms with van der Waals surface area (Å²) in [5, 5.41) is 14.4. The Morgan fingerprint density at radius 1 is 1.32 bits per heavy atom. The Bertz CT molecular complexity index is 745. The lowest BCUT2D eigenvalue weighted by molar-refractivity contribution is -0.139. The predicted molar refractivity (Wildman–Crippen MR) is 94.1 cm³/mol. The minimum absolute atomic E-state index is 0.106. The first kappa shape index (κ1) is 19.1. The molecule has 2 N–H and O–H groups in total. The van der Waals surface area contributed by atoms with Crippen LogP contribution in [-0.2, 0) is 22.4 Å². The summed E-state index contributed by atoms with van der Waals surface area (Å²) in [6, 6.07) is 6.24.